The van der Waals surface area contributed by atoms with Crippen molar-refractivity contribution in [3.8, 4) is 5.75 Å². The first kappa shape index (κ1) is 17.1. The number of hydrogen-bond acceptors (Lipinski definition) is 6. The summed E-state index contributed by atoms with van der Waals surface area (Å²) in [6.07, 6.45) is -1.10. The lowest BCUT2D eigenvalue weighted by Gasteiger charge is -2.09. The van der Waals surface area contributed by atoms with E-state index in [-0.39, 0.29) is 5.69 Å². The Hall–Kier alpha value is -2.22. The predicted octanol–water partition coefficient (Wildman–Crippen LogP) is 3.32. The van der Waals surface area contributed by atoms with E-state index in [1.165, 1.54) is 24.0 Å². The molecule has 8 heteroatoms. The van der Waals surface area contributed by atoms with E-state index in [0.717, 1.165) is 11.1 Å². The summed E-state index contributed by atoms with van der Waals surface area (Å²) in [6.45, 7) is 1.66. The van der Waals surface area contributed by atoms with Gasteiger partial charge in [-0.2, -0.15) is 5.10 Å². The van der Waals surface area contributed by atoms with Crippen LogP contribution in [0.2, 0.25) is 0 Å². The number of nitrogens with two attached hydrogens (primary N) is 1. The Labute approximate surface area is 137 Å². The van der Waals surface area contributed by atoms with E-state index < -0.39 is 6.43 Å². The van der Waals surface area contributed by atoms with E-state index in [1.54, 1.807) is 20.1 Å². The highest BCUT2D eigenvalue weighted by atomic mass is 32.2. The first-order chi connectivity index (χ1) is 11.0. The zero-order valence-corrected chi connectivity index (χ0v) is 13.5. The third-order valence-corrected chi connectivity index (χ3v) is 3.86. The number of halogens is 2. The van der Waals surface area contributed by atoms with Crippen LogP contribution in [0.5, 0.6) is 5.75 Å². The summed E-state index contributed by atoms with van der Waals surface area (Å²) in [5.74, 6) is 6.31. The van der Waals surface area contributed by atoms with Gasteiger partial charge < -0.3 is 10.6 Å². The second kappa shape index (κ2) is 7.87. The van der Waals surface area contributed by atoms with Crippen LogP contribution in [0, 0.1) is 6.92 Å². The number of hydrazone groups is 1. The SMILES string of the molecule is COc1ccc(C=NN)cc1CSc1nc(C)cc(C(F)F)n1. The van der Waals surface area contributed by atoms with Crippen molar-refractivity contribution in [2.45, 2.75) is 24.3 Å². The van der Waals surface area contributed by atoms with Gasteiger partial charge in [0.15, 0.2) is 5.16 Å². The fourth-order valence-electron chi connectivity index (χ4n) is 1.96. The van der Waals surface area contributed by atoms with Gasteiger partial charge in [-0.15, -0.1) is 0 Å². The minimum Gasteiger partial charge on any atom is -0.496 e. The lowest BCUT2D eigenvalue weighted by molar-refractivity contribution is 0.145. The van der Waals surface area contributed by atoms with Crippen LogP contribution in [0.3, 0.4) is 0 Å². The Kier molecular flexibility index (Phi) is 5.86. The van der Waals surface area contributed by atoms with Gasteiger partial charge in [-0.25, -0.2) is 18.7 Å². The summed E-state index contributed by atoms with van der Waals surface area (Å²) in [5.41, 5.74) is 1.94. The van der Waals surface area contributed by atoms with Gasteiger partial charge in [0.1, 0.15) is 11.4 Å². The van der Waals surface area contributed by atoms with E-state index in [1.807, 2.05) is 12.1 Å². The van der Waals surface area contributed by atoms with Crippen molar-refractivity contribution in [1.82, 2.24) is 9.97 Å². The van der Waals surface area contributed by atoms with E-state index in [9.17, 15) is 8.78 Å². The lowest BCUT2D eigenvalue weighted by Crippen LogP contribution is -1.98. The van der Waals surface area contributed by atoms with Crippen molar-refractivity contribution >= 4 is 18.0 Å². The molecule has 0 amide bonds. The second-order valence-electron chi connectivity index (χ2n) is 4.66. The van der Waals surface area contributed by atoms with Gasteiger partial charge in [-0.1, -0.05) is 11.8 Å². The molecule has 0 aliphatic heterocycles. The molecule has 0 spiro atoms. The minimum absolute atomic E-state index is 0.268. The molecule has 5 nitrogen and oxygen atoms in total. The highest BCUT2D eigenvalue weighted by Crippen LogP contribution is 2.28. The zero-order chi connectivity index (χ0) is 16.8. The van der Waals surface area contributed by atoms with Crippen LogP contribution in [0.25, 0.3) is 0 Å². The largest absolute Gasteiger partial charge is 0.496 e. The number of benzene rings is 1. The third-order valence-electron chi connectivity index (χ3n) is 2.96. The van der Waals surface area contributed by atoms with Gasteiger partial charge in [-0.3, -0.25) is 0 Å². The average molecular weight is 338 g/mol. The Morgan fingerprint density at radius 3 is 2.78 bits per heavy atom. The Morgan fingerprint density at radius 1 is 1.35 bits per heavy atom. The van der Waals surface area contributed by atoms with Crippen LogP contribution < -0.4 is 10.6 Å². The van der Waals surface area contributed by atoms with E-state index in [0.29, 0.717) is 22.4 Å². The minimum atomic E-state index is -2.62. The van der Waals surface area contributed by atoms with Gasteiger partial charge in [0, 0.05) is 17.0 Å². The standard InChI is InChI=1S/C15H16F2N4OS/c1-9-5-12(14(16)17)21-15(20-9)23-8-11-6-10(7-19-18)3-4-13(11)22-2/h3-7,14H,8,18H2,1-2H3. The normalized spacial score (nSPS) is 11.3. The maximum atomic E-state index is 12.8. The first-order valence-electron chi connectivity index (χ1n) is 6.70. The summed E-state index contributed by atoms with van der Waals surface area (Å²) in [4.78, 5) is 8.05. The van der Waals surface area contributed by atoms with Gasteiger partial charge in [0.25, 0.3) is 6.43 Å². The molecule has 1 heterocycles. The summed E-state index contributed by atoms with van der Waals surface area (Å²) in [7, 11) is 1.57. The maximum absolute atomic E-state index is 12.8. The number of hydrogen-bond donors (Lipinski definition) is 1. The number of aromatic nitrogens is 2. The molecule has 2 aromatic rings. The third kappa shape index (κ3) is 4.62. The highest BCUT2D eigenvalue weighted by Gasteiger charge is 2.13. The monoisotopic (exact) mass is 338 g/mol. The number of thioether (sulfide) groups is 1. The van der Waals surface area contributed by atoms with Gasteiger partial charge in [-0.05, 0) is 36.8 Å². The maximum Gasteiger partial charge on any atom is 0.280 e. The second-order valence-corrected chi connectivity index (χ2v) is 5.60. The predicted molar refractivity (Wildman–Crippen MR) is 86.1 cm³/mol. The molecule has 0 bridgehead atoms. The summed E-state index contributed by atoms with van der Waals surface area (Å²) in [6, 6.07) is 6.77. The number of rotatable bonds is 6. The number of methoxy groups -OCH3 is 1. The molecule has 1 aromatic heterocycles. The molecule has 2 rings (SSSR count). The van der Waals surface area contributed by atoms with E-state index in [4.69, 9.17) is 10.6 Å². The molecule has 0 saturated carbocycles. The van der Waals surface area contributed by atoms with Crippen LogP contribution in [0.1, 0.15) is 28.9 Å². The molecule has 0 atom stereocenters. The van der Waals surface area contributed by atoms with Crippen molar-refractivity contribution in [3.05, 3.63) is 46.8 Å². The summed E-state index contributed by atoms with van der Waals surface area (Å²) >= 11 is 1.26. The van der Waals surface area contributed by atoms with Crippen LogP contribution in [0.4, 0.5) is 8.78 Å². The van der Waals surface area contributed by atoms with Crippen LogP contribution >= 0.6 is 11.8 Å². The quantitative estimate of drug-likeness (QED) is 0.288. The molecular weight excluding hydrogens is 322 g/mol. The fourth-order valence-corrected chi connectivity index (χ4v) is 2.85. The van der Waals surface area contributed by atoms with Crippen LogP contribution in [0.15, 0.2) is 34.5 Å². The van der Waals surface area contributed by atoms with Crippen LogP contribution in [-0.2, 0) is 5.75 Å². The lowest BCUT2D eigenvalue weighted by atomic mass is 10.1. The smallest absolute Gasteiger partial charge is 0.280 e. The van der Waals surface area contributed by atoms with Crippen molar-refractivity contribution in [3.63, 3.8) is 0 Å². The molecule has 2 N–H and O–H groups in total. The first-order valence-corrected chi connectivity index (χ1v) is 7.68. The van der Waals surface area contributed by atoms with Gasteiger partial charge >= 0.3 is 0 Å². The molecule has 0 unspecified atom stereocenters. The summed E-state index contributed by atoms with van der Waals surface area (Å²) < 4.78 is 30.9. The Morgan fingerprint density at radius 2 is 2.13 bits per heavy atom. The molecule has 122 valence electrons. The molecule has 0 fully saturated rings. The molecule has 0 saturated heterocycles. The van der Waals surface area contributed by atoms with Gasteiger partial charge in [0.05, 0.1) is 13.3 Å². The van der Waals surface area contributed by atoms with E-state index >= 15 is 0 Å². The topological polar surface area (TPSA) is 73.4 Å². The Balaban J connectivity index is 2.21. The number of alkyl halides is 2. The molecule has 0 aliphatic carbocycles. The van der Waals surface area contributed by atoms with Crippen LogP contribution in [-0.4, -0.2) is 23.3 Å². The molecular formula is C15H16F2N4OS. The van der Waals surface area contributed by atoms with Crippen molar-refractivity contribution < 1.29 is 13.5 Å². The molecule has 1 aromatic carbocycles. The van der Waals surface area contributed by atoms with E-state index in [2.05, 4.69) is 15.1 Å². The van der Waals surface area contributed by atoms with Gasteiger partial charge in [0.2, 0.25) is 0 Å². The van der Waals surface area contributed by atoms with Crippen molar-refractivity contribution in [2.24, 2.45) is 10.9 Å². The van der Waals surface area contributed by atoms with Crippen molar-refractivity contribution in [1.29, 1.82) is 0 Å². The average Bonchev–Trinajstić information content (AvgIpc) is 2.53. The molecule has 0 radical (unpaired) electrons. The number of ether oxygens (including phenoxy) is 1. The Bertz CT molecular complexity index is 710. The fraction of sp³-hybridized carbons (Fsp3) is 0.267. The molecule has 0 aliphatic rings. The number of aryl methyl sites for hydroxylation is 1. The van der Waals surface area contributed by atoms with Crippen molar-refractivity contribution in [2.75, 3.05) is 7.11 Å². The highest BCUT2D eigenvalue weighted by molar-refractivity contribution is 7.98. The number of nitrogens with zero attached hydrogens (tertiary/aromatic N) is 3. The summed E-state index contributed by atoms with van der Waals surface area (Å²) in [5, 5.41) is 3.79. The molecule has 23 heavy (non-hydrogen) atoms. The zero-order valence-electron chi connectivity index (χ0n) is 12.7.